The van der Waals surface area contributed by atoms with Crippen LogP contribution in [0.2, 0.25) is 5.02 Å². The molecule has 20 heavy (non-hydrogen) atoms. The van der Waals surface area contributed by atoms with Crippen molar-refractivity contribution < 1.29 is 13.2 Å². The van der Waals surface area contributed by atoms with Crippen molar-refractivity contribution in [1.82, 2.24) is 4.90 Å². The summed E-state index contributed by atoms with van der Waals surface area (Å²) in [5, 5.41) is 5.28. The molecule has 2 N–H and O–H groups in total. The van der Waals surface area contributed by atoms with E-state index in [9.17, 15) is 13.2 Å². The molecule has 0 aliphatic carbocycles. The average molecular weight is 382 g/mol. The number of nitrogens with zero attached hydrogens (tertiary/aromatic N) is 1. The van der Waals surface area contributed by atoms with Crippen LogP contribution in [-0.2, 0) is 10.0 Å². The monoisotopic (exact) mass is 380 g/mol. The van der Waals surface area contributed by atoms with E-state index in [4.69, 9.17) is 16.7 Å². The smallest absolute Gasteiger partial charge is 0.253 e. The van der Waals surface area contributed by atoms with Crippen molar-refractivity contribution in [1.29, 1.82) is 0 Å². The van der Waals surface area contributed by atoms with Gasteiger partial charge in [0.15, 0.2) is 0 Å². The molecule has 110 valence electrons. The molecule has 0 saturated carbocycles. The third-order valence-electron chi connectivity index (χ3n) is 3.26. The third-order valence-corrected chi connectivity index (χ3v) is 5.84. The van der Waals surface area contributed by atoms with Gasteiger partial charge in [-0.25, -0.2) is 13.6 Å². The Morgan fingerprint density at radius 2 is 2.15 bits per heavy atom. The Kier molecular flexibility index (Phi) is 4.44. The minimum absolute atomic E-state index is 0.145. The predicted octanol–water partition coefficient (Wildman–Crippen LogP) is 2.23. The molecular formula is C12H14BrClN2O3S. The number of carbonyl (C=O) groups is 1. The van der Waals surface area contributed by atoms with E-state index in [0.29, 0.717) is 19.0 Å². The molecule has 1 aromatic rings. The summed E-state index contributed by atoms with van der Waals surface area (Å²) < 4.78 is 23.2. The summed E-state index contributed by atoms with van der Waals surface area (Å²) in [5.74, 6) is 0.219. The van der Waals surface area contributed by atoms with E-state index < -0.39 is 10.0 Å². The second kappa shape index (κ2) is 5.63. The van der Waals surface area contributed by atoms with Gasteiger partial charge < -0.3 is 4.90 Å². The van der Waals surface area contributed by atoms with Crippen LogP contribution in [-0.4, -0.2) is 32.3 Å². The van der Waals surface area contributed by atoms with Gasteiger partial charge in [-0.2, -0.15) is 0 Å². The first-order valence-electron chi connectivity index (χ1n) is 6.01. The van der Waals surface area contributed by atoms with Crippen LogP contribution in [0.15, 0.2) is 21.5 Å². The van der Waals surface area contributed by atoms with Crippen molar-refractivity contribution in [2.75, 3.05) is 13.1 Å². The van der Waals surface area contributed by atoms with Crippen LogP contribution in [0.25, 0.3) is 0 Å². The number of sulfonamides is 1. The Morgan fingerprint density at radius 3 is 2.65 bits per heavy atom. The van der Waals surface area contributed by atoms with E-state index in [1.54, 1.807) is 4.90 Å². The molecule has 1 atom stereocenters. The van der Waals surface area contributed by atoms with Crippen molar-refractivity contribution in [2.24, 2.45) is 11.1 Å². The van der Waals surface area contributed by atoms with E-state index in [1.807, 2.05) is 0 Å². The fraction of sp³-hybridized carbons (Fsp3) is 0.417. The molecule has 1 unspecified atom stereocenters. The molecule has 1 amide bonds. The highest BCUT2D eigenvalue weighted by Crippen LogP contribution is 2.31. The van der Waals surface area contributed by atoms with Crippen molar-refractivity contribution in [3.05, 3.63) is 27.2 Å². The molecule has 0 radical (unpaired) electrons. The first-order valence-corrected chi connectivity index (χ1v) is 8.73. The SMILES string of the molecule is CC1CCN(C(=O)c2cc(Cl)c(Br)c(S(N)(=O)=O)c2)C1. The number of benzene rings is 1. The zero-order chi connectivity index (χ0) is 15.1. The molecular weight excluding hydrogens is 368 g/mol. The molecule has 2 rings (SSSR count). The standard InChI is InChI=1S/C12H14BrClN2O3S/c1-7-2-3-16(6-7)12(17)8-4-9(14)11(13)10(5-8)20(15,18)19/h4-5,7H,2-3,6H2,1H3,(H2,15,18,19). The maximum Gasteiger partial charge on any atom is 0.253 e. The number of rotatable bonds is 2. The number of carbonyl (C=O) groups excluding carboxylic acids is 1. The predicted molar refractivity (Wildman–Crippen MR) is 80.2 cm³/mol. The van der Waals surface area contributed by atoms with E-state index in [-0.39, 0.29) is 25.9 Å². The topological polar surface area (TPSA) is 80.5 Å². The van der Waals surface area contributed by atoms with Crippen LogP contribution >= 0.6 is 27.5 Å². The second-order valence-electron chi connectivity index (χ2n) is 4.96. The lowest BCUT2D eigenvalue weighted by atomic mass is 10.2. The van der Waals surface area contributed by atoms with Crippen molar-refractivity contribution in [2.45, 2.75) is 18.2 Å². The Labute approximate surface area is 131 Å². The minimum atomic E-state index is -3.95. The lowest BCUT2D eigenvalue weighted by molar-refractivity contribution is 0.0788. The molecule has 0 bridgehead atoms. The van der Waals surface area contributed by atoms with E-state index in [2.05, 4.69) is 22.9 Å². The number of primary sulfonamides is 1. The van der Waals surface area contributed by atoms with Gasteiger partial charge in [-0.05, 0) is 40.4 Å². The first kappa shape index (κ1) is 15.8. The van der Waals surface area contributed by atoms with Gasteiger partial charge >= 0.3 is 0 Å². The summed E-state index contributed by atoms with van der Waals surface area (Å²) in [6.07, 6.45) is 0.943. The lowest BCUT2D eigenvalue weighted by Crippen LogP contribution is -2.28. The molecule has 1 aliphatic heterocycles. The van der Waals surface area contributed by atoms with Gasteiger partial charge in [0.05, 0.1) is 14.4 Å². The van der Waals surface area contributed by atoms with Crippen LogP contribution in [0.3, 0.4) is 0 Å². The Balaban J connectivity index is 2.43. The normalized spacial score (nSPS) is 19.4. The second-order valence-corrected chi connectivity index (χ2v) is 7.69. The highest BCUT2D eigenvalue weighted by molar-refractivity contribution is 9.10. The maximum atomic E-state index is 12.4. The highest BCUT2D eigenvalue weighted by Gasteiger charge is 2.26. The Hall–Kier alpha value is -0.630. The number of hydrogen-bond acceptors (Lipinski definition) is 3. The summed E-state index contributed by atoms with van der Waals surface area (Å²) in [7, 11) is -3.95. The summed E-state index contributed by atoms with van der Waals surface area (Å²) >= 11 is 9.04. The molecule has 1 saturated heterocycles. The van der Waals surface area contributed by atoms with Gasteiger partial charge in [-0.3, -0.25) is 4.79 Å². The molecule has 0 aromatic heterocycles. The summed E-state index contributed by atoms with van der Waals surface area (Å²) in [4.78, 5) is 13.9. The molecule has 5 nitrogen and oxygen atoms in total. The molecule has 1 aromatic carbocycles. The number of nitrogens with two attached hydrogens (primary N) is 1. The van der Waals surface area contributed by atoms with Crippen LogP contribution in [0, 0.1) is 5.92 Å². The van der Waals surface area contributed by atoms with E-state index >= 15 is 0 Å². The first-order chi connectivity index (χ1) is 9.20. The summed E-state index contributed by atoms with van der Waals surface area (Å²) in [6.45, 7) is 3.40. The molecule has 1 aliphatic rings. The minimum Gasteiger partial charge on any atom is -0.338 e. The zero-order valence-corrected chi connectivity index (χ0v) is 13.9. The average Bonchev–Trinajstić information content (AvgIpc) is 2.76. The van der Waals surface area contributed by atoms with Gasteiger partial charge in [-0.1, -0.05) is 18.5 Å². The van der Waals surface area contributed by atoms with Gasteiger partial charge in [0.1, 0.15) is 0 Å². The fourth-order valence-electron chi connectivity index (χ4n) is 2.20. The van der Waals surface area contributed by atoms with Gasteiger partial charge in [0.25, 0.3) is 5.91 Å². The van der Waals surface area contributed by atoms with E-state index in [1.165, 1.54) is 12.1 Å². The summed E-state index contributed by atoms with van der Waals surface area (Å²) in [6, 6.07) is 2.71. The van der Waals surface area contributed by atoms with E-state index in [0.717, 1.165) is 6.42 Å². The van der Waals surface area contributed by atoms with Crippen LogP contribution < -0.4 is 5.14 Å². The molecule has 0 spiro atoms. The Morgan fingerprint density at radius 1 is 1.50 bits per heavy atom. The van der Waals surface area contributed by atoms with Crippen LogP contribution in [0.1, 0.15) is 23.7 Å². The lowest BCUT2D eigenvalue weighted by Gasteiger charge is -2.17. The number of halogens is 2. The van der Waals surface area contributed by atoms with Crippen molar-refractivity contribution in [3.63, 3.8) is 0 Å². The van der Waals surface area contributed by atoms with Crippen molar-refractivity contribution >= 4 is 43.5 Å². The molecule has 1 heterocycles. The fourth-order valence-corrected chi connectivity index (χ4v) is 4.03. The van der Waals surface area contributed by atoms with Gasteiger partial charge in [0, 0.05) is 18.7 Å². The zero-order valence-electron chi connectivity index (χ0n) is 10.8. The molecule has 8 heteroatoms. The van der Waals surface area contributed by atoms with Crippen LogP contribution in [0.5, 0.6) is 0 Å². The van der Waals surface area contributed by atoms with Crippen LogP contribution in [0.4, 0.5) is 0 Å². The molecule has 1 fully saturated rings. The van der Waals surface area contributed by atoms with Gasteiger partial charge in [-0.15, -0.1) is 0 Å². The number of hydrogen-bond donors (Lipinski definition) is 1. The largest absolute Gasteiger partial charge is 0.338 e. The maximum absolute atomic E-state index is 12.4. The summed E-state index contributed by atoms with van der Waals surface area (Å²) in [5.41, 5.74) is 0.233. The highest BCUT2D eigenvalue weighted by atomic mass is 79.9. The number of likely N-dealkylation sites (tertiary alicyclic amines) is 1. The van der Waals surface area contributed by atoms with Crippen molar-refractivity contribution in [3.8, 4) is 0 Å². The quantitative estimate of drug-likeness (QED) is 0.853. The number of amides is 1. The third kappa shape index (κ3) is 3.16. The Bertz CT molecular complexity index is 663. The van der Waals surface area contributed by atoms with Gasteiger partial charge in [0.2, 0.25) is 10.0 Å².